The number of nitrogens with one attached hydrogen (secondary N) is 2. The number of furan rings is 1. The largest absolute Gasteiger partial charge is 0.468 e. The Morgan fingerprint density at radius 1 is 1.32 bits per heavy atom. The van der Waals surface area contributed by atoms with Crippen molar-refractivity contribution >= 4 is 5.96 Å². The van der Waals surface area contributed by atoms with E-state index in [1.807, 2.05) is 6.07 Å². The predicted octanol–water partition coefficient (Wildman–Crippen LogP) is 0.912. The van der Waals surface area contributed by atoms with E-state index in [1.54, 1.807) is 13.3 Å². The molecule has 3 heterocycles. The summed E-state index contributed by atoms with van der Waals surface area (Å²) >= 11 is 0. The Morgan fingerprint density at radius 2 is 2.16 bits per heavy atom. The number of aliphatic imine (C=N–C) groups is 1. The molecule has 25 heavy (non-hydrogen) atoms. The maximum atomic E-state index is 5.80. The Labute approximate surface area is 150 Å². The molecule has 2 N–H and O–H groups in total. The maximum Gasteiger partial charge on any atom is 0.191 e. The lowest BCUT2D eigenvalue weighted by atomic mass is 10.2. The normalized spacial score (nSPS) is 24.4. The van der Waals surface area contributed by atoms with Crippen LogP contribution in [0.15, 0.2) is 27.8 Å². The number of hydrogen-bond donors (Lipinski definition) is 2. The molecule has 1 aromatic rings. The van der Waals surface area contributed by atoms with Crippen LogP contribution in [0.4, 0.5) is 0 Å². The fourth-order valence-electron chi connectivity index (χ4n) is 3.56. The molecule has 2 unspecified atom stereocenters. The van der Waals surface area contributed by atoms with Gasteiger partial charge in [0.25, 0.3) is 0 Å². The highest BCUT2D eigenvalue weighted by atomic mass is 16.5. The molecule has 2 fully saturated rings. The van der Waals surface area contributed by atoms with Gasteiger partial charge in [-0.15, -0.1) is 0 Å². The smallest absolute Gasteiger partial charge is 0.191 e. The molecule has 2 aliphatic rings. The minimum atomic E-state index is 0.205. The minimum absolute atomic E-state index is 0.205. The second-order valence-electron chi connectivity index (χ2n) is 6.86. The van der Waals surface area contributed by atoms with Crippen molar-refractivity contribution in [3.63, 3.8) is 0 Å². The van der Waals surface area contributed by atoms with Crippen LogP contribution in [0.25, 0.3) is 0 Å². The second-order valence-corrected chi connectivity index (χ2v) is 6.86. The average Bonchev–Trinajstić information content (AvgIpc) is 3.32. The number of likely N-dealkylation sites (N-methyl/N-ethyl adjacent to an activating group) is 1. The van der Waals surface area contributed by atoms with Crippen LogP contribution < -0.4 is 10.6 Å². The highest BCUT2D eigenvalue weighted by molar-refractivity contribution is 5.79. The monoisotopic (exact) mass is 349 g/mol. The van der Waals surface area contributed by atoms with Crippen LogP contribution in [0.2, 0.25) is 0 Å². The molecule has 1 aromatic heterocycles. The lowest BCUT2D eigenvalue weighted by Gasteiger charge is -2.31. The molecule has 2 saturated heterocycles. The third-order valence-corrected chi connectivity index (χ3v) is 4.98. The maximum absolute atomic E-state index is 5.80. The first-order valence-electron chi connectivity index (χ1n) is 9.28. The molecular weight excluding hydrogens is 318 g/mol. The first-order valence-corrected chi connectivity index (χ1v) is 9.28. The molecule has 0 aromatic carbocycles. The van der Waals surface area contributed by atoms with E-state index in [9.17, 15) is 0 Å². The van der Waals surface area contributed by atoms with Crippen molar-refractivity contribution < 1.29 is 9.15 Å². The number of nitrogens with zero attached hydrogens (tertiary/aromatic N) is 3. The van der Waals surface area contributed by atoms with E-state index in [1.165, 1.54) is 12.8 Å². The molecule has 0 spiro atoms. The zero-order valence-corrected chi connectivity index (χ0v) is 15.4. The van der Waals surface area contributed by atoms with E-state index in [0.29, 0.717) is 0 Å². The van der Waals surface area contributed by atoms with Gasteiger partial charge in [-0.05, 0) is 45.1 Å². The zero-order valence-electron chi connectivity index (χ0n) is 15.4. The van der Waals surface area contributed by atoms with E-state index in [0.717, 1.165) is 57.6 Å². The third-order valence-electron chi connectivity index (χ3n) is 4.98. The van der Waals surface area contributed by atoms with Gasteiger partial charge in [-0.1, -0.05) is 0 Å². The van der Waals surface area contributed by atoms with Gasteiger partial charge in [0.2, 0.25) is 0 Å². The van der Waals surface area contributed by atoms with Gasteiger partial charge in [0.1, 0.15) is 5.76 Å². The van der Waals surface area contributed by atoms with Crippen molar-refractivity contribution in [3.05, 3.63) is 24.2 Å². The first-order chi connectivity index (χ1) is 12.3. The molecule has 7 nitrogen and oxygen atoms in total. The van der Waals surface area contributed by atoms with Crippen molar-refractivity contribution in [2.45, 2.75) is 25.0 Å². The van der Waals surface area contributed by atoms with Gasteiger partial charge in [0.15, 0.2) is 5.96 Å². The van der Waals surface area contributed by atoms with Crippen molar-refractivity contribution in [1.82, 2.24) is 20.4 Å². The van der Waals surface area contributed by atoms with Gasteiger partial charge in [0.05, 0.1) is 25.0 Å². The van der Waals surface area contributed by atoms with E-state index in [4.69, 9.17) is 9.15 Å². The summed E-state index contributed by atoms with van der Waals surface area (Å²) in [5.41, 5.74) is 0. The number of rotatable bonds is 6. The Hall–Kier alpha value is -1.57. The topological polar surface area (TPSA) is 65.3 Å². The summed E-state index contributed by atoms with van der Waals surface area (Å²) in [4.78, 5) is 9.13. The third kappa shape index (κ3) is 5.20. The van der Waals surface area contributed by atoms with Crippen LogP contribution in [-0.4, -0.2) is 81.8 Å². The Bertz CT molecular complexity index is 528. The summed E-state index contributed by atoms with van der Waals surface area (Å²) in [6.07, 6.45) is 4.48. The lowest BCUT2D eigenvalue weighted by Crippen LogP contribution is -2.49. The highest BCUT2D eigenvalue weighted by Gasteiger charge is 2.26. The number of guanidine groups is 1. The Balaban J connectivity index is 1.50. The summed E-state index contributed by atoms with van der Waals surface area (Å²) in [5.74, 6) is 1.83. The highest BCUT2D eigenvalue weighted by Crippen LogP contribution is 2.24. The Morgan fingerprint density at radius 3 is 2.84 bits per heavy atom. The molecule has 0 saturated carbocycles. The van der Waals surface area contributed by atoms with Crippen LogP contribution >= 0.6 is 0 Å². The molecule has 0 amide bonds. The van der Waals surface area contributed by atoms with Crippen LogP contribution in [0.1, 0.15) is 24.6 Å². The van der Waals surface area contributed by atoms with E-state index < -0.39 is 0 Å². The van der Waals surface area contributed by atoms with Gasteiger partial charge >= 0.3 is 0 Å². The van der Waals surface area contributed by atoms with Gasteiger partial charge in [-0.25, -0.2) is 0 Å². The molecule has 0 radical (unpaired) electrons. The summed E-state index contributed by atoms with van der Waals surface area (Å²) in [7, 11) is 3.94. The van der Waals surface area contributed by atoms with Crippen molar-refractivity contribution in [2.75, 3.05) is 60.0 Å². The quantitative estimate of drug-likeness (QED) is 0.588. The average molecular weight is 349 g/mol. The van der Waals surface area contributed by atoms with Gasteiger partial charge < -0.3 is 24.7 Å². The zero-order chi connectivity index (χ0) is 17.5. The summed E-state index contributed by atoms with van der Waals surface area (Å²) in [6, 6.07) is 4.27. The van der Waals surface area contributed by atoms with Gasteiger partial charge in [-0.3, -0.25) is 9.89 Å². The Kier molecular flexibility index (Phi) is 6.72. The molecule has 0 aliphatic carbocycles. The van der Waals surface area contributed by atoms with Crippen molar-refractivity contribution in [1.29, 1.82) is 0 Å². The van der Waals surface area contributed by atoms with Crippen molar-refractivity contribution in [3.8, 4) is 0 Å². The first kappa shape index (κ1) is 18.2. The standard InChI is InChI=1S/C18H31N5O2/c1-19-18(20-12-15-14-22(2)9-11-24-15)21-13-16(17-6-5-10-25-17)23-7-3-4-8-23/h5-6,10,15-16H,3-4,7-9,11-14H2,1-2H3,(H2,19,20,21). The summed E-state index contributed by atoms with van der Waals surface area (Å²) in [6.45, 7) is 6.54. The molecule has 0 bridgehead atoms. The van der Waals surface area contributed by atoms with Gasteiger partial charge in [-0.2, -0.15) is 0 Å². The molecule has 2 atom stereocenters. The summed E-state index contributed by atoms with van der Waals surface area (Å²) < 4.78 is 11.5. The molecule has 2 aliphatic heterocycles. The molecule has 7 heteroatoms. The van der Waals surface area contributed by atoms with Crippen molar-refractivity contribution in [2.24, 2.45) is 4.99 Å². The lowest BCUT2D eigenvalue weighted by molar-refractivity contribution is -0.0161. The van der Waals surface area contributed by atoms with Gasteiger partial charge in [0, 0.05) is 33.2 Å². The SMILES string of the molecule is CN=C(NCC1CN(C)CCO1)NCC(c1ccco1)N1CCCC1. The van der Waals surface area contributed by atoms with Crippen LogP contribution in [0, 0.1) is 0 Å². The summed E-state index contributed by atoms with van der Waals surface area (Å²) in [5, 5.41) is 6.84. The fraction of sp³-hybridized carbons (Fsp3) is 0.722. The van der Waals surface area contributed by atoms with E-state index in [-0.39, 0.29) is 12.1 Å². The molecule has 3 rings (SSSR count). The number of morpholine rings is 1. The molecular formula is C18H31N5O2. The van der Waals surface area contributed by atoms with E-state index in [2.05, 4.69) is 38.5 Å². The molecule has 140 valence electrons. The van der Waals surface area contributed by atoms with Crippen LogP contribution in [0.5, 0.6) is 0 Å². The number of ether oxygens (including phenoxy) is 1. The van der Waals surface area contributed by atoms with Crippen LogP contribution in [-0.2, 0) is 4.74 Å². The minimum Gasteiger partial charge on any atom is -0.468 e. The van der Waals surface area contributed by atoms with E-state index >= 15 is 0 Å². The predicted molar refractivity (Wildman–Crippen MR) is 98.9 cm³/mol. The number of hydrogen-bond acceptors (Lipinski definition) is 5. The fourth-order valence-corrected chi connectivity index (χ4v) is 3.56. The number of likely N-dealkylation sites (tertiary alicyclic amines) is 1. The van der Waals surface area contributed by atoms with Crippen LogP contribution in [0.3, 0.4) is 0 Å². The second kappa shape index (κ2) is 9.22.